The number of aliphatic hydroxyl groups is 1. The van der Waals surface area contributed by atoms with Gasteiger partial charge < -0.3 is 20.5 Å². The van der Waals surface area contributed by atoms with Crippen molar-refractivity contribution in [3.05, 3.63) is 24.3 Å². The van der Waals surface area contributed by atoms with Crippen LogP contribution in [0.4, 0.5) is 5.69 Å². The molecule has 3 N–H and O–H groups in total. The highest BCUT2D eigenvalue weighted by molar-refractivity contribution is 7.80. The van der Waals surface area contributed by atoms with Crippen molar-refractivity contribution in [1.82, 2.24) is 5.32 Å². The van der Waals surface area contributed by atoms with E-state index in [0.29, 0.717) is 18.1 Å². The van der Waals surface area contributed by atoms with Gasteiger partial charge in [-0.05, 0) is 42.9 Å². The number of hydrogen-bond donors (Lipinski definition) is 3. The van der Waals surface area contributed by atoms with E-state index in [1.54, 1.807) is 7.11 Å². The fraction of sp³-hybridized carbons (Fsp3) is 0.364. The third-order valence-corrected chi connectivity index (χ3v) is 2.21. The van der Waals surface area contributed by atoms with Crippen LogP contribution in [0, 0.1) is 0 Å². The van der Waals surface area contributed by atoms with Crippen LogP contribution in [0.3, 0.4) is 0 Å². The molecule has 0 aliphatic heterocycles. The van der Waals surface area contributed by atoms with Crippen molar-refractivity contribution in [3.63, 3.8) is 0 Å². The number of methoxy groups -OCH3 is 1. The van der Waals surface area contributed by atoms with Crippen LogP contribution >= 0.6 is 12.2 Å². The summed E-state index contributed by atoms with van der Waals surface area (Å²) in [6.07, 6.45) is 0.685. The number of nitrogens with one attached hydrogen (secondary N) is 2. The molecule has 16 heavy (non-hydrogen) atoms. The Morgan fingerprint density at radius 2 is 2.06 bits per heavy atom. The fourth-order valence-electron chi connectivity index (χ4n) is 1.13. The summed E-state index contributed by atoms with van der Waals surface area (Å²) < 4.78 is 5.05. The van der Waals surface area contributed by atoms with Crippen LogP contribution in [0.5, 0.6) is 5.75 Å². The lowest BCUT2D eigenvalue weighted by atomic mass is 10.3. The van der Waals surface area contributed by atoms with Gasteiger partial charge in [0, 0.05) is 18.8 Å². The van der Waals surface area contributed by atoms with Gasteiger partial charge in [0.2, 0.25) is 0 Å². The molecular weight excluding hydrogens is 224 g/mol. The van der Waals surface area contributed by atoms with Gasteiger partial charge in [0.1, 0.15) is 5.75 Å². The Bertz CT molecular complexity index is 327. The van der Waals surface area contributed by atoms with Gasteiger partial charge in [-0.25, -0.2) is 0 Å². The summed E-state index contributed by atoms with van der Waals surface area (Å²) in [5.74, 6) is 0.810. The van der Waals surface area contributed by atoms with Crippen molar-refractivity contribution in [2.45, 2.75) is 6.42 Å². The SMILES string of the molecule is COc1ccc(NC(=S)NCCCO)cc1. The molecule has 1 rings (SSSR count). The first-order valence-corrected chi connectivity index (χ1v) is 5.47. The first kappa shape index (κ1) is 12.7. The van der Waals surface area contributed by atoms with E-state index in [9.17, 15) is 0 Å². The summed E-state index contributed by atoms with van der Waals surface area (Å²) in [6, 6.07) is 7.50. The predicted molar refractivity (Wildman–Crippen MR) is 68.9 cm³/mol. The summed E-state index contributed by atoms with van der Waals surface area (Å²) in [5.41, 5.74) is 0.905. The third-order valence-electron chi connectivity index (χ3n) is 1.97. The van der Waals surface area contributed by atoms with Crippen molar-refractivity contribution >= 4 is 23.0 Å². The van der Waals surface area contributed by atoms with Gasteiger partial charge in [0.05, 0.1) is 7.11 Å². The predicted octanol–water partition coefficient (Wildman–Crippen LogP) is 1.36. The number of rotatable bonds is 5. The maximum atomic E-state index is 8.61. The van der Waals surface area contributed by atoms with Crippen LogP contribution < -0.4 is 15.4 Å². The summed E-state index contributed by atoms with van der Waals surface area (Å²) in [7, 11) is 1.63. The Balaban J connectivity index is 2.37. The van der Waals surface area contributed by atoms with E-state index in [1.165, 1.54) is 0 Å². The zero-order chi connectivity index (χ0) is 11.8. The Labute approximate surface area is 101 Å². The van der Waals surface area contributed by atoms with Crippen molar-refractivity contribution < 1.29 is 9.84 Å². The number of thiocarbonyl (C=S) groups is 1. The van der Waals surface area contributed by atoms with Gasteiger partial charge >= 0.3 is 0 Å². The van der Waals surface area contributed by atoms with E-state index in [1.807, 2.05) is 24.3 Å². The average molecular weight is 240 g/mol. The molecule has 0 fully saturated rings. The van der Waals surface area contributed by atoms with Gasteiger partial charge in [-0.1, -0.05) is 0 Å². The number of anilines is 1. The van der Waals surface area contributed by atoms with Gasteiger partial charge in [-0.2, -0.15) is 0 Å². The Morgan fingerprint density at radius 1 is 1.38 bits per heavy atom. The standard InChI is InChI=1S/C11H16N2O2S/c1-15-10-5-3-9(4-6-10)13-11(16)12-7-2-8-14/h3-6,14H,2,7-8H2,1H3,(H2,12,13,16). The molecule has 0 bridgehead atoms. The van der Waals surface area contributed by atoms with Gasteiger partial charge in [-0.3, -0.25) is 0 Å². The van der Waals surface area contributed by atoms with Crippen LogP contribution in [-0.2, 0) is 0 Å². The summed E-state index contributed by atoms with van der Waals surface area (Å²) in [6.45, 7) is 0.830. The molecule has 0 unspecified atom stereocenters. The number of hydrogen-bond acceptors (Lipinski definition) is 3. The van der Waals surface area contributed by atoms with Crippen molar-refractivity contribution in [2.24, 2.45) is 0 Å². The molecule has 1 aromatic carbocycles. The average Bonchev–Trinajstić information content (AvgIpc) is 2.30. The van der Waals surface area contributed by atoms with Crippen molar-refractivity contribution in [3.8, 4) is 5.75 Å². The lowest BCUT2D eigenvalue weighted by Gasteiger charge is -2.10. The summed E-state index contributed by atoms with van der Waals surface area (Å²) in [4.78, 5) is 0. The van der Waals surface area contributed by atoms with Gasteiger partial charge in [-0.15, -0.1) is 0 Å². The van der Waals surface area contributed by atoms with Crippen LogP contribution in [0.2, 0.25) is 0 Å². The molecule has 0 heterocycles. The van der Waals surface area contributed by atoms with E-state index in [2.05, 4.69) is 10.6 Å². The van der Waals surface area contributed by atoms with Crippen molar-refractivity contribution in [2.75, 3.05) is 25.6 Å². The van der Waals surface area contributed by atoms with Crippen LogP contribution in [0.15, 0.2) is 24.3 Å². The Morgan fingerprint density at radius 3 is 2.62 bits per heavy atom. The molecule has 0 saturated carbocycles. The molecule has 4 nitrogen and oxygen atoms in total. The van der Waals surface area contributed by atoms with E-state index >= 15 is 0 Å². The normalized spacial score (nSPS) is 9.62. The second-order valence-electron chi connectivity index (χ2n) is 3.19. The molecule has 0 spiro atoms. The molecule has 0 radical (unpaired) electrons. The van der Waals surface area contributed by atoms with E-state index < -0.39 is 0 Å². The molecule has 0 aromatic heterocycles. The van der Waals surface area contributed by atoms with Crippen LogP contribution in [0.1, 0.15) is 6.42 Å². The Kier molecular flexibility index (Phi) is 5.60. The highest BCUT2D eigenvalue weighted by Crippen LogP contribution is 2.14. The summed E-state index contributed by atoms with van der Waals surface area (Å²) in [5, 5.41) is 15.2. The third kappa shape index (κ3) is 4.46. The first-order valence-electron chi connectivity index (χ1n) is 5.06. The number of ether oxygens (including phenoxy) is 1. The molecule has 1 aromatic rings. The molecule has 0 amide bonds. The second-order valence-corrected chi connectivity index (χ2v) is 3.59. The fourth-order valence-corrected chi connectivity index (χ4v) is 1.35. The Hall–Kier alpha value is -1.33. The highest BCUT2D eigenvalue weighted by Gasteiger charge is 1.97. The van der Waals surface area contributed by atoms with Gasteiger partial charge in [0.25, 0.3) is 0 Å². The highest BCUT2D eigenvalue weighted by atomic mass is 32.1. The maximum absolute atomic E-state index is 8.61. The lowest BCUT2D eigenvalue weighted by molar-refractivity contribution is 0.289. The molecule has 5 heteroatoms. The lowest BCUT2D eigenvalue weighted by Crippen LogP contribution is -2.29. The second kappa shape index (κ2) is 7.03. The first-order chi connectivity index (χ1) is 7.76. The molecule has 0 saturated heterocycles. The van der Waals surface area contributed by atoms with E-state index in [0.717, 1.165) is 11.4 Å². The van der Waals surface area contributed by atoms with E-state index in [4.69, 9.17) is 22.1 Å². The van der Waals surface area contributed by atoms with Crippen LogP contribution in [0.25, 0.3) is 0 Å². The minimum atomic E-state index is 0.165. The summed E-state index contributed by atoms with van der Waals surface area (Å²) >= 11 is 5.08. The van der Waals surface area contributed by atoms with E-state index in [-0.39, 0.29) is 6.61 Å². The monoisotopic (exact) mass is 240 g/mol. The number of aliphatic hydroxyl groups excluding tert-OH is 1. The molecular formula is C11H16N2O2S. The zero-order valence-electron chi connectivity index (χ0n) is 9.19. The smallest absolute Gasteiger partial charge is 0.170 e. The molecule has 0 aliphatic carbocycles. The quantitative estimate of drug-likeness (QED) is 0.536. The van der Waals surface area contributed by atoms with Gasteiger partial charge in [0.15, 0.2) is 5.11 Å². The number of benzene rings is 1. The minimum Gasteiger partial charge on any atom is -0.497 e. The molecule has 88 valence electrons. The zero-order valence-corrected chi connectivity index (χ0v) is 10.0. The topological polar surface area (TPSA) is 53.5 Å². The molecule has 0 atom stereocenters. The van der Waals surface area contributed by atoms with Crippen LogP contribution in [-0.4, -0.2) is 30.5 Å². The molecule has 0 aliphatic rings. The van der Waals surface area contributed by atoms with Crippen molar-refractivity contribution in [1.29, 1.82) is 0 Å². The minimum absolute atomic E-state index is 0.165. The largest absolute Gasteiger partial charge is 0.497 e. The maximum Gasteiger partial charge on any atom is 0.170 e.